The average molecular weight is 591 g/mol. The third-order valence-electron chi connectivity index (χ3n) is 6.68. The second-order valence-corrected chi connectivity index (χ2v) is 10.1. The number of anilines is 1. The van der Waals surface area contributed by atoms with Crippen molar-refractivity contribution >= 4 is 50.3 Å². The second kappa shape index (κ2) is 10.4. The van der Waals surface area contributed by atoms with Crippen LogP contribution in [0.3, 0.4) is 0 Å². The molecule has 1 amide bonds. The number of halogens is 1. The number of hydrogen-bond acceptors (Lipinski definition) is 5. The minimum absolute atomic E-state index is 0.162. The second-order valence-electron chi connectivity index (χ2n) is 9.22. The topological polar surface area (TPSA) is 76.8 Å². The van der Waals surface area contributed by atoms with Crippen molar-refractivity contribution < 1.29 is 9.53 Å². The fourth-order valence-corrected chi connectivity index (χ4v) is 5.08. The Bertz CT molecular complexity index is 1880. The molecule has 40 heavy (non-hydrogen) atoms. The van der Waals surface area contributed by atoms with Gasteiger partial charge in [0.05, 0.1) is 29.4 Å². The summed E-state index contributed by atoms with van der Waals surface area (Å²) in [5.41, 5.74) is 3.74. The molecule has 1 aromatic heterocycles. The van der Waals surface area contributed by atoms with Crippen LogP contribution in [0.5, 0.6) is 5.75 Å². The van der Waals surface area contributed by atoms with Crippen molar-refractivity contribution in [3.8, 4) is 11.4 Å². The highest BCUT2D eigenvalue weighted by Crippen LogP contribution is 2.29. The quantitative estimate of drug-likeness (QED) is 0.225. The Morgan fingerprint density at radius 3 is 2.25 bits per heavy atom. The number of fused-ring (bicyclic) bond motifs is 1. The first-order valence-electron chi connectivity index (χ1n) is 12.6. The Kier molecular flexibility index (Phi) is 6.61. The lowest BCUT2D eigenvalue weighted by Crippen LogP contribution is -2.32. The zero-order valence-electron chi connectivity index (χ0n) is 21.7. The first kappa shape index (κ1) is 25.5. The predicted octanol–water partition coefficient (Wildman–Crippen LogP) is 6.30. The molecule has 0 saturated heterocycles. The first-order chi connectivity index (χ1) is 19.4. The Morgan fingerprint density at radius 1 is 0.850 bits per heavy atom. The van der Waals surface area contributed by atoms with Crippen molar-refractivity contribution in [1.29, 1.82) is 0 Å². The lowest BCUT2D eigenvalue weighted by atomic mass is 10.1. The van der Waals surface area contributed by atoms with Crippen LogP contribution in [0, 0.1) is 6.92 Å². The fourth-order valence-electron chi connectivity index (χ4n) is 4.72. The summed E-state index contributed by atoms with van der Waals surface area (Å²) in [6.45, 7) is 1.80. The van der Waals surface area contributed by atoms with E-state index in [4.69, 9.17) is 9.73 Å². The fraction of sp³-hybridized carbons (Fsp3) is 0.0625. The zero-order valence-corrected chi connectivity index (χ0v) is 23.3. The standard InChI is InChI=1S/C32H23BrN4O3/c1-20-34-28-17-10-23(33)19-27(28)31(38)36(20)24-11-13-25(14-12-24)37-30(22-6-4-3-5-7-22)35-29(32(37)39)18-21-8-15-26(40-2)16-9-21/h3-19H,1-2H3. The van der Waals surface area contributed by atoms with Crippen LogP contribution in [0.1, 0.15) is 17.0 Å². The van der Waals surface area contributed by atoms with Crippen LogP contribution in [0.2, 0.25) is 0 Å². The maximum absolute atomic E-state index is 13.7. The van der Waals surface area contributed by atoms with Gasteiger partial charge in [0.15, 0.2) is 0 Å². The molecule has 0 bridgehead atoms. The van der Waals surface area contributed by atoms with E-state index in [-0.39, 0.29) is 11.5 Å². The van der Waals surface area contributed by atoms with Crippen LogP contribution in [-0.2, 0) is 4.79 Å². The van der Waals surface area contributed by atoms with Gasteiger partial charge >= 0.3 is 0 Å². The average Bonchev–Trinajstić information content (AvgIpc) is 3.30. The van der Waals surface area contributed by atoms with E-state index >= 15 is 0 Å². The van der Waals surface area contributed by atoms with Gasteiger partial charge in [0.2, 0.25) is 0 Å². The molecule has 0 N–H and O–H groups in total. The molecule has 8 heteroatoms. The molecule has 4 aromatic carbocycles. The van der Waals surface area contributed by atoms with E-state index in [1.807, 2.05) is 91.0 Å². The maximum Gasteiger partial charge on any atom is 0.282 e. The molecular weight excluding hydrogens is 568 g/mol. The van der Waals surface area contributed by atoms with Crippen molar-refractivity contribution in [2.24, 2.45) is 4.99 Å². The number of ether oxygens (including phenoxy) is 1. The van der Waals surface area contributed by atoms with Crippen molar-refractivity contribution in [3.63, 3.8) is 0 Å². The summed E-state index contributed by atoms with van der Waals surface area (Å²) in [5.74, 6) is 1.59. The van der Waals surface area contributed by atoms with E-state index in [1.165, 1.54) is 0 Å². The number of aryl methyl sites for hydroxylation is 1. The third-order valence-corrected chi connectivity index (χ3v) is 7.17. The lowest BCUT2D eigenvalue weighted by molar-refractivity contribution is -0.113. The van der Waals surface area contributed by atoms with Gasteiger partial charge in [-0.15, -0.1) is 0 Å². The van der Waals surface area contributed by atoms with Crippen LogP contribution < -0.4 is 15.2 Å². The minimum atomic E-state index is -0.243. The summed E-state index contributed by atoms with van der Waals surface area (Å²) in [5, 5.41) is 0.519. The van der Waals surface area contributed by atoms with Gasteiger partial charge in [-0.3, -0.25) is 19.1 Å². The Labute approximate surface area is 238 Å². The number of methoxy groups -OCH3 is 1. The molecular formula is C32H23BrN4O3. The highest BCUT2D eigenvalue weighted by atomic mass is 79.9. The van der Waals surface area contributed by atoms with Crippen LogP contribution in [0.4, 0.5) is 5.69 Å². The molecule has 0 aliphatic carbocycles. The summed E-state index contributed by atoms with van der Waals surface area (Å²) in [7, 11) is 1.61. The van der Waals surface area contributed by atoms with Gasteiger partial charge in [-0.2, -0.15) is 0 Å². The SMILES string of the molecule is COc1ccc(C=C2N=C(c3ccccc3)N(c3ccc(-n4c(C)nc5ccc(Br)cc5c4=O)cc3)C2=O)cc1. The molecule has 2 heterocycles. The van der Waals surface area contributed by atoms with Gasteiger partial charge in [-0.05, 0) is 73.2 Å². The molecule has 1 aliphatic heterocycles. The van der Waals surface area contributed by atoms with E-state index in [9.17, 15) is 9.59 Å². The monoisotopic (exact) mass is 590 g/mol. The van der Waals surface area contributed by atoms with Gasteiger partial charge in [0.1, 0.15) is 23.1 Å². The summed E-state index contributed by atoms with van der Waals surface area (Å²) < 4.78 is 7.63. The maximum atomic E-state index is 13.7. The van der Waals surface area contributed by atoms with Crippen LogP contribution in [0.25, 0.3) is 22.7 Å². The molecule has 7 nitrogen and oxygen atoms in total. The van der Waals surface area contributed by atoms with Crippen molar-refractivity contribution in [1.82, 2.24) is 9.55 Å². The Balaban J connectivity index is 1.40. The number of aliphatic imine (C=N–C) groups is 1. The smallest absolute Gasteiger partial charge is 0.282 e. The zero-order chi connectivity index (χ0) is 27.8. The number of carbonyl (C=O) groups excluding carboxylic acids is 1. The van der Waals surface area contributed by atoms with Crippen LogP contribution >= 0.6 is 15.9 Å². The van der Waals surface area contributed by atoms with Gasteiger partial charge in [-0.1, -0.05) is 58.4 Å². The number of rotatable bonds is 5. The predicted molar refractivity (Wildman–Crippen MR) is 161 cm³/mol. The van der Waals surface area contributed by atoms with Crippen molar-refractivity contribution in [2.45, 2.75) is 6.92 Å². The molecule has 0 radical (unpaired) electrons. The van der Waals surface area contributed by atoms with Crippen LogP contribution in [0.15, 0.2) is 117 Å². The third kappa shape index (κ3) is 4.63. The molecule has 1 aliphatic rings. The van der Waals surface area contributed by atoms with Crippen molar-refractivity contribution in [3.05, 3.63) is 135 Å². The summed E-state index contributed by atoms with van der Waals surface area (Å²) in [6.07, 6.45) is 1.76. The van der Waals surface area contributed by atoms with Gasteiger partial charge in [-0.25, -0.2) is 9.98 Å². The normalized spacial score (nSPS) is 14.2. The molecule has 5 aromatic rings. The van der Waals surface area contributed by atoms with Gasteiger partial charge in [0.25, 0.3) is 11.5 Å². The molecule has 6 rings (SSSR count). The molecule has 0 fully saturated rings. The van der Waals surface area contributed by atoms with Crippen LogP contribution in [-0.4, -0.2) is 28.4 Å². The number of amides is 1. The minimum Gasteiger partial charge on any atom is -0.497 e. The molecule has 0 spiro atoms. The number of carbonyl (C=O) groups is 1. The number of benzene rings is 4. The lowest BCUT2D eigenvalue weighted by Gasteiger charge is -2.19. The number of aromatic nitrogens is 2. The number of hydrogen-bond donors (Lipinski definition) is 0. The first-order valence-corrected chi connectivity index (χ1v) is 13.4. The van der Waals surface area contributed by atoms with Gasteiger partial charge in [0, 0.05) is 10.0 Å². The Morgan fingerprint density at radius 2 is 1.55 bits per heavy atom. The van der Waals surface area contributed by atoms with Gasteiger partial charge < -0.3 is 4.74 Å². The molecule has 196 valence electrons. The van der Waals surface area contributed by atoms with E-state index in [0.717, 1.165) is 21.3 Å². The van der Waals surface area contributed by atoms with E-state index < -0.39 is 0 Å². The summed E-state index contributed by atoms with van der Waals surface area (Å²) in [6, 6.07) is 29.8. The van der Waals surface area contributed by atoms with E-state index in [0.29, 0.717) is 39.6 Å². The molecule has 0 unspecified atom stereocenters. The van der Waals surface area contributed by atoms with Crippen molar-refractivity contribution in [2.75, 3.05) is 12.0 Å². The molecule has 0 atom stereocenters. The highest BCUT2D eigenvalue weighted by Gasteiger charge is 2.32. The van der Waals surface area contributed by atoms with E-state index in [1.54, 1.807) is 35.6 Å². The molecule has 0 saturated carbocycles. The summed E-state index contributed by atoms with van der Waals surface area (Å²) in [4.78, 5) is 38.1. The number of amidine groups is 1. The summed E-state index contributed by atoms with van der Waals surface area (Å²) >= 11 is 3.44. The van der Waals surface area contributed by atoms with E-state index in [2.05, 4.69) is 20.9 Å². The highest BCUT2D eigenvalue weighted by molar-refractivity contribution is 9.10. The largest absolute Gasteiger partial charge is 0.497 e. The Hall–Kier alpha value is -4.82. The number of nitrogens with zero attached hydrogens (tertiary/aromatic N) is 4.